The number of thioether (sulfide) groups is 1. The molecule has 13 heteroatoms. The largest absolute Gasteiger partial charge is 0.468 e. The maximum Gasteiger partial charge on any atom is 0.316 e. The van der Waals surface area contributed by atoms with Gasteiger partial charge >= 0.3 is 5.97 Å². The summed E-state index contributed by atoms with van der Waals surface area (Å²) < 4.78 is 30.7. The number of methoxy groups -OCH3 is 1. The van der Waals surface area contributed by atoms with Crippen molar-refractivity contribution in [3.63, 3.8) is 0 Å². The van der Waals surface area contributed by atoms with Crippen LogP contribution in [-0.2, 0) is 24.3 Å². The van der Waals surface area contributed by atoms with Crippen LogP contribution in [0.3, 0.4) is 0 Å². The second-order valence-electron chi connectivity index (χ2n) is 5.90. The van der Waals surface area contributed by atoms with Crippen molar-refractivity contribution in [2.45, 2.75) is 24.2 Å². The van der Waals surface area contributed by atoms with Crippen molar-refractivity contribution in [1.82, 2.24) is 10.2 Å². The van der Waals surface area contributed by atoms with Gasteiger partial charge in [0.15, 0.2) is 4.34 Å². The lowest BCUT2D eigenvalue weighted by molar-refractivity contribution is -0.137. The van der Waals surface area contributed by atoms with Gasteiger partial charge < -0.3 is 4.74 Å². The zero-order valence-electron chi connectivity index (χ0n) is 16.0. The molecule has 1 aromatic carbocycles. The van der Waals surface area contributed by atoms with Gasteiger partial charge in [-0.15, -0.1) is 10.2 Å². The SMILES string of the molecule is COC(=O)CSc1nnc(NC(=O)[C@@H](C)N(c2ccc(C)c(Cl)c2)S(C)(=O)=O)s1. The van der Waals surface area contributed by atoms with E-state index in [4.69, 9.17) is 11.6 Å². The Morgan fingerprint density at radius 3 is 2.66 bits per heavy atom. The first-order valence-electron chi connectivity index (χ1n) is 8.12. The summed E-state index contributed by atoms with van der Waals surface area (Å²) in [5.74, 6) is -0.941. The number of carbonyl (C=O) groups is 2. The lowest BCUT2D eigenvalue weighted by atomic mass is 10.2. The number of hydrogen-bond donors (Lipinski definition) is 1. The molecular weight excluding hydrogens is 460 g/mol. The molecule has 0 saturated carbocycles. The number of sulfonamides is 1. The predicted octanol–water partition coefficient (Wildman–Crippen LogP) is 2.56. The summed E-state index contributed by atoms with van der Waals surface area (Å²) in [6.45, 7) is 3.25. The molecule has 0 fully saturated rings. The minimum absolute atomic E-state index is 0.0610. The van der Waals surface area contributed by atoms with E-state index in [2.05, 4.69) is 20.3 Å². The fourth-order valence-electron chi connectivity index (χ4n) is 2.24. The summed E-state index contributed by atoms with van der Waals surface area (Å²) in [6.07, 6.45) is 1.01. The first-order chi connectivity index (χ1) is 13.5. The van der Waals surface area contributed by atoms with Crippen molar-refractivity contribution in [2.75, 3.05) is 28.7 Å². The average molecular weight is 479 g/mol. The zero-order valence-corrected chi connectivity index (χ0v) is 19.2. The Morgan fingerprint density at radius 2 is 2.07 bits per heavy atom. The van der Waals surface area contributed by atoms with E-state index in [1.807, 2.05) is 0 Å². The van der Waals surface area contributed by atoms with E-state index in [1.165, 1.54) is 20.1 Å². The number of aromatic nitrogens is 2. The highest BCUT2D eigenvalue weighted by atomic mass is 35.5. The van der Waals surface area contributed by atoms with Crippen molar-refractivity contribution < 1.29 is 22.7 Å². The van der Waals surface area contributed by atoms with Crippen LogP contribution < -0.4 is 9.62 Å². The molecule has 0 unspecified atom stereocenters. The van der Waals surface area contributed by atoms with Gasteiger partial charge in [-0.25, -0.2) is 8.42 Å². The van der Waals surface area contributed by atoms with E-state index in [9.17, 15) is 18.0 Å². The van der Waals surface area contributed by atoms with E-state index < -0.39 is 27.9 Å². The minimum atomic E-state index is -3.77. The Balaban J connectivity index is 2.16. The number of ether oxygens (including phenoxy) is 1. The highest BCUT2D eigenvalue weighted by Crippen LogP contribution is 2.28. The Hall–Kier alpha value is -1.89. The lowest BCUT2D eigenvalue weighted by Gasteiger charge is -2.28. The van der Waals surface area contributed by atoms with E-state index in [1.54, 1.807) is 19.1 Å². The van der Waals surface area contributed by atoms with Crippen LogP contribution >= 0.6 is 34.7 Å². The number of carbonyl (C=O) groups excluding carboxylic acids is 2. The highest BCUT2D eigenvalue weighted by molar-refractivity contribution is 8.01. The summed E-state index contributed by atoms with van der Waals surface area (Å²) >= 11 is 8.29. The Kier molecular flexibility index (Phi) is 7.86. The molecule has 2 rings (SSSR count). The number of rotatable bonds is 8. The first-order valence-corrected chi connectivity index (χ1v) is 12.1. The number of nitrogens with zero attached hydrogens (tertiary/aromatic N) is 3. The monoisotopic (exact) mass is 478 g/mol. The first kappa shape index (κ1) is 23.4. The van der Waals surface area contributed by atoms with Gasteiger partial charge in [0.25, 0.3) is 0 Å². The average Bonchev–Trinajstić information content (AvgIpc) is 3.08. The van der Waals surface area contributed by atoms with Gasteiger partial charge in [-0.2, -0.15) is 0 Å². The highest BCUT2D eigenvalue weighted by Gasteiger charge is 2.30. The molecule has 2 aromatic rings. The summed E-state index contributed by atoms with van der Waals surface area (Å²) in [5.41, 5.74) is 1.06. The fourth-order valence-corrected chi connectivity index (χ4v) is 5.16. The quantitative estimate of drug-likeness (QED) is 0.349. The van der Waals surface area contributed by atoms with Crippen LogP contribution in [0.15, 0.2) is 22.5 Å². The van der Waals surface area contributed by atoms with E-state index in [0.29, 0.717) is 9.36 Å². The molecule has 0 radical (unpaired) electrons. The summed E-state index contributed by atoms with van der Waals surface area (Å²) in [5, 5.41) is 10.8. The Morgan fingerprint density at radius 1 is 1.38 bits per heavy atom. The van der Waals surface area contributed by atoms with Crippen molar-refractivity contribution >= 4 is 67.4 Å². The zero-order chi connectivity index (χ0) is 21.8. The van der Waals surface area contributed by atoms with Gasteiger partial charge in [0.2, 0.25) is 21.1 Å². The van der Waals surface area contributed by atoms with Crippen LogP contribution in [0.4, 0.5) is 10.8 Å². The molecule has 1 amide bonds. The Bertz CT molecular complexity index is 1010. The van der Waals surface area contributed by atoms with Crippen LogP contribution in [-0.4, -0.2) is 55.7 Å². The van der Waals surface area contributed by atoms with Crippen LogP contribution in [0.25, 0.3) is 0 Å². The molecule has 0 bridgehead atoms. The molecule has 0 aliphatic carbocycles. The van der Waals surface area contributed by atoms with Crippen molar-refractivity contribution in [3.8, 4) is 0 Å². The number of aryl methyl sites for hydroxylation is 1. The third-order valence-electron chi connectivity index (χ3n) is 3.68. The number of benzene rings is 1. The molecule has 1 atom stereocenters. The minimum Gasteiger partial charge on any atom is -0.468 e. The van der Waals surface area contributed by atoms with Crippen LogP contribution in [0.5, 0.6) is 0 Å². The van der Waals surface area contributed by atoms with Gasteiger partial charge in [-0.1, -0.05) is 40.8 Å². The van der Waals surface area contributed by atoms with Crippen molar-refractivity contribution in [1.29, 1.82) is 0 Å². The summed E-state index contributed by atoms with van der Waals surface area (Å²) in [7, 11) is -2.49. The summed E-state index contributed by atoms with van der Waals surface area (Å²) in [6, 6.07) is 3.68. The fraction of sp³-hybridized carbons (Fsp3) is 0.375. The predicted molar refractivity (Wildman–Crippen MR) is 114 cm³/mol. The molecule has 0 aliphatic rings. The van der Waals surface area contributed by atoms with Crippen LogP contribution in [0.2, 0.25) is 5.02 Å². The third kappa shape index (κ3) is 6.29. The molecule has 0 saturated heterocycles. The third-order valence-corrected chi connectivity index (χ3v) is 7.27. The molecule has 158 valence electrons. The van der Waals surface area contributed by atoms with Crippen molar-refractivity contribution in [2.24, 2.45) is 0 Å². The second kappa shape index (κ2) is 9.74. The number of amides is 1. The van der Waals surface area contributed by atoms with Crippen molar-refractivity contribution in [3.05, 3.63) is 28.8 Å². The van der Waals surface area contributed by atoms with E-state index in [-0.39, 0.29) is 16.6 Å². The second-order valence-corrected chi connectivity index (χ2v) is 10.4. The Labute approximate surface area is 181 Å². The van der Waals surface area contributed by atoms with E-state index >= 15 is 0 Å². The maximum absolute atomic E-state index is 12.7. The molecule has 9 nitrogen and oxygen atoms in total. The van der Waals surface area contributed by atoms with Gasteiger partial charge in [0, 0.05) is 5.02 Å². The van der Waals surface area contributed by atoms with Crippen LogP contribution in [0, 0.1) is 6.92 Å². The molecule has 0 spiro atoms. The van der Waals surface area contributed by atoms with Gasteiger partial charge in [0.05, 0.1) is 24.8 Å². The number of hydrogen-bond acceptors (Lipinski definition) is 9. The number of esters is 1. The molecule has 1 aromatic heterocycles. The smallest absolute Gasteiger partial charge is 0.316 e. The lowest BCUT2D eigenvalue weighted by Crippen LogP contribution is -2.45. The van der Waals surface area contributed by atoms with Gasteiger partial charge in [-0.05, 0) is 31.5 Å². The van der Waals surface area contributed by atoms with Gasteiger partial charge in [0.1, 0.15) is 6.04 Å². The molecule has 29 heavy (non-hydrogen) atoms. The standard InChI is InChI=1S/C16H19ClN4O5S3/c1-9-5-6-11(7-12(9)17)21(29(4,24)25)10(2)14(23)18-15-19-20-16(28-15)27-8-13(22)26-3/h5-7,10H,8H2,1-4H3,(H,18,19,23)/t10-/m1/s1. The number of halogens is 1. The maximum atomic E-state index is 12.7. The van der Waals surface area contributed by atoms with Crippen LogP contribution in [0.1, 0.15) is 12.5 Å². The molecule has 0 aliphatic heterocycles. The number of nitrogens with one attached hydrogen (secondary N) is 1. The number of anilines is 2. The summed E-state index contributed by atoms with van der Waals surface area (Å²) in [4.78, 5) is 23.8. The molecular formula is C16H19ClN4O5S3. The van der Waals surface area contributed by atoms with E-state index in [0.717, 1.165) is 39.2 Å². The molecule has 1 N–H and O–H groups in total. The topological polar surface area (TPSA) is 119 Å². The normalized spacial score (nSPS) is 12.3. The molecule has 1 heterocycles. The van der Waals surface area contributed by atoms with Gasteiger partial charge in [-0.3, -0.25) is 19.2 Å².